The minimum Gasteiger partial charge on any atom is -0.507 e. The molecule has 10 nitrogen and oxygen atoms in total. The number of hydrogen-bond acceptors (Lipinski definition) is 8. The van der Waals surface area contributed by atoms with Crippen LogP contribution in [-0.2, 0) is 11.5 Å². The first-order valence-electron chi connectivity index (χ1n) is 12.9. The zero-order valence-electron chi connectivity index (χ0n) is 21.8. The van der Waals surface area contributed by atoms with E-state index in [9.17, 15) is 9.90 Å². The number of pyridine rings is 1. The van der Waals surface area contributed by atoms with E-state index in [-0.39, 0.29) is 18.5 Å². The molecule has 1 fully saturated rings. The number of nitrogens with one attached hydrogen (secondary N) is 1. The minimum absolute atomic E-state index is 0.0443. The van der Waals surface area contributed by atoms with Crippen LogP contribution >= 0.6 is 0 Å². The highest BCUT2D eigenvalue weighted by molar-refractivity contribution is 6.76. The predicted molar refractivity (Wildman–Crippen MR) is 143 cm³/mol. The van der Waals surface area contributed by atoms with Crippen LogP contribution in [0.25, 0.3) is 22.5 Å². The maximum atomic E-state index is 12.5. The molecule has 0 unspecified atom stereocenters. The number of tetrazole rings is 1. The average molecular weight is 525 g/mol. The summed E-state index contributed by atoms with van der Waals surface area (Å²) >= 11 is 0. The van der Waals surface area contributed by atoms with Crippen LogP contribution in [0.5, 0.6) is 11.5 Å². The van der Waals surface area contributed by atoms with Crippen LogP contribution in [0, 0.1) is 0 Å². The van der Waals surface area contributed by atoms with E-state index >= 15 is 0 Å². The van der Waals surface area contributed by atoms with Crippen molar-refractivity contribution in [2.45, 2.75) is 77.0 Å². The SMILES string of the molecule is C[Si](C)(C)CCOCn1nnc(-c2cncc(-c3cc(OC(=O)NC4CCCCCC4)ccc3O)c2)n1. The van der Waals surface area contributed by atoms with E-state index in [1.54, 1.807) is 24.5 Å². The first-order valence-corrected chi connectivity index (χ1v) is 16.6. The number of carbonyl (C=O) groups is 1. The number of nitrogens with zero attached hydrogens (tertiary/aromatic N) is 5. The van der Waals surface area contributed by atoms with Crippen LogP contribution in [-0.4, -0.2) is 57.1 Å². The molecule has 2 heterocycles. The second-order valence-electron chi connectivity index (χ2n) is 10.7. The molecule has 198 valence electrons. The molecular formula is C26H36N6O4Si. The smallest absolute Gasteiger partial charge is 0.412 e. The van der Waals surface area contributed by atoms with Crippen molar-refractivity contribution in [3.8, 4) is 34.0 Å². The molecule has 1 aliphatic rings. The number of ether oxygens (including phenoxy) is 2. The van der Waals surface area contributed by atoms with Gasteiger partial charge in [0.25, 0.3) is 0 Å². The molecule has 11 heteroatoms. The van der Waals surface area contributed by atoms with Gasteiger partial charge in [0, 0.05) is 49.8 Å². The number of rotatable bonds is 9. The fraction of sp³-hybridized carbons (Fsp3) is 0.500. The number of amides is 1. The second-order valence-corrected chi connectivity index (χ2v) is 16.3. The first kappa shape index (κ1) is 26.7. The standard InChI is InChI=1S/C26H36N6O4Si/c1-37(2,3)13-12-35-18-32-30-25(29-31-32)20-14-19(16-27-17-20)23-15-22(10-11-24(23)33)36-26(34)28-21-8-6-4-5-7-9-21/h10-11,14-17,21,33H,4-9,12-13,18H2,1-3H3,(H,28,34). The fourth-order valence-corrected chi connectivity index (χ4v) is 4.94. The van der Waals surface area contributed by atoms with Crippen LogP contribution in [0.2, 0.25) is 25.7 Å². The van der Waals surface area contributed by atoms with Gasteiger partial charge in [0.2, 0.25) is 5.82 Å². The van der Waals surface area contributed by atoms with Gasteiger partial charge in [0.05, 0.1) is 0 Å². The van der Waals surface area contributed by atoms with Crippen molar-refractivity contribution in [2.24, 2.45) is 0 Å². The number of phenolic OH excluding ortho intramolecular Hbond substituents is 1. The maximum absolute atomic E-state index is 12.5. The lowest BCUT2D eigenvalue weighted by Crippen LogP contribution is -2.36. The molecule has 0 spiro atoms. The summed E-state index contributed by atoms with van der Waals surface area (Å²) in [7, 11) is -1.16. The summed E-state index contributed by atoms with van der Waals surface area (Å²) in [4.78, 5) is 18.2. The summed E-state index contributed by atoms with van der Waals surface area (Å²) in [5, 5.41) is 26.1. The molecule has 0 atom stereocenters. The normalized spacial score (nSPS) is 14.8. The maximum Gasteiger partial charge on any atom is 0.412 e. The quantitative estimate of drug-likeness (QED) is 0.221. The minimum atomic E-state index is -1.16. The van der Waals surface area contributed by atoms with Gasteiger partial charge in [-0.3, -0.25) is 4.98 Å². The predicted octanol–water partition coefficient (Wildman–Crippen LogP) is 5.23. The third-order valence-electron chi connectivity index (χ3n) is 6.32. The Labute approximate surface area is 218 Å². The number of benzene rings is 1. The third-order valence-corrected chi connectivity index (χ3v) is 8.02. The van der Waals surface area contributed by atoms with Crippen LogP contribution in [0.4, 0.5) is 4.79 Å². The van der Waals surface area contributed by atoms with E-state index < -0.39 is 14.2 Å². The van der Waals surface area contributed by atoms with Gasteiger partial charge in [-0.1, -0.05) is 45.3 Å². The van der Waals surface area contributed by atoms with Crippen LogP contribution in [0.15, 0.2) is 36.7 Å². The van der Waals surface area contributed by atoms with Crippen molar-refractivity contribution in [1.82, 2.24) is 30.5 Å². The van der Waals surface area contributed by atoms with Crippen LogP contribution < -0.4 is 10.1 Å². The van der Waals surface area contributed by atoms with Crippen molar-refractivity contribution in [2.75, 3.05) is 6.61 Å². The molecule has 4 rings (SSSR count). The molecule has 2 N–H and O–H groups in total. The summed E-state index contributed by atoms with van der Waals surface area (Å²) in [6.45, 7) is 7.80. The molecule has 1 aromatic carbocycles. The highest BCUT2D eigenvalue weighted by Crippen LogP contribution is 2.34. The lowest BCUT2D eigenvalue weighted by molar-refractivity contribution is 0.0674. The topological polar surface area (TPSA) is 124 Å². The Morgan fingerprint density at radius 2 is 1.86 bits per heavy atom. The van der Waals surface area contributed by atoms with E-state index in [0.717, 1.165) is 31.7 Å². The van der Waals surface area contributed by atoms with Crippen LogP contribution in [0.3, 0.4) is 0 Å². The number of phenols is 1. The van der Waals surface area contributed by atoms with Gasteiger partial charge in [-0.15, -0.1) is 15.0 Å². The number of aromatic nitrogens is 5. The fourth-order valence-electron chi connectivity index (χ4n) is 4.18. The van der Waals surface area contributed by atoms with Gasteiger partial charge >= 0.3 is 6.09 Å². The van der Waals surface area contributed by atoms with Crippen molar-refractivity contribution < 1.29 is 19.4 Å². The van der Waals surface area contributed by atoms with E-state index in [2.05, 4.69) is 45.4 Å². The number of hydrogen-bond donors (Lipinski definition) is 2. The van der Waals surface area contributed by atoms with Gasteiger partial charge in [-0.25, -0.2) is 4.79 Å². The Hall–Kier alpha value is -3.31. The Kier molecular flexibility index (Phi) is 8.88. The van der Waals surface area contributed by atoms with E-state index in [1.165, 1.54) is 23.7 Å². The van der Waals surface area contributed by atoms with Crippen molar-refractivity contribution in [3.05, 3.63) is 36.7 Å². The zero-order valence-corrected chi connectivity index (χ0v) is 22.8. The van der Waals surface area contributed by atoms with E-state index in [0.29, 0.717) is 34.9 Å². The molecule has 1 amide bonds. The molecule has 2 aromatic heterocycles. The Morgan fingerprint density at radius 1 is 1.11 bits per heavy atom. The van der Waals surface area contributed by atoms with Gasteiger partial charge in [-0.05, 0) is 48.4 Å². The average Bonchev–Trinajstić information content (AvgIpc) is 3.19. The Bertz CT molecular complexity index is 1190. The van der Waals surface area contributed by atoms with E-state index in [1.807, 2.05) is 6.07 Å². The monoisotopic (exact) mass is 524 g/mol. The molecule has 0 saturated heterocycles. The largest absolute Gasteiger partial charge is 0.507 e. The highest BCUT2D eigenvalue weighted by Gasteiger charge is 2.17. The van der Waals surface area contributed by atoms with E-state index in [4.69, 9.17) is 9.47 Å². The van der Waals surface area contributed by atoms with Gasteiger partial charge in [-0.2, -0.15) is 0 Å². The molecule has 0 aliphatic heterocycles. The lowest BCUT2D eigenvalue weighted by Gasteiger charge is -2.16. The van der Waals surface area contributed by atoms with Gasteiger partial charge in [0.1, 0.15) is 11.5 Å². The third kappa shape index (κ3) is 8.09. The molecule has 1 aliphatic carbocycles. The van der Waals surface area contributed by atoms with Crippen molar-refractivity contribution in [3.63, 3.8) is 0 Å². The summed E-state index contributed by atoms with van der Waals surface area (Å²) in [5.41, 5.74) is 1.76. The zero-order chi connectivity index (χ0) is 26.3. The first-order chi connectivity index (χ1) is 17.8. The molecular weight excluding hydrogens is 488 g/mol. The Morgan fingerprint density at radius 3 is 2.62 bits per heavy atom. The summed E-state index contributed by atoms with van der Waals surface area (Å²) in [5.74, 6) is 0.782. The van der Waals surface area contributed by atoms with Gasteiger partial charge < -0.3 is 19.9 Å². The number of carbonyl (C=O) groups excluding carboxylic acids is 1. The highest BCUT2D eigenvalue weighted by atomic mass is 28.3. The van der Waals surface area contributed by atoms with Crippen molar-refractivity contribution >= 4 is 14.2 Å². The number of aromatic hydroxyl groups is 1. The lowest BCUT2D eigenvalue weighted by atomic mass is 10.0. The molecule has 0 bridgehead atoms. The Balaban J connectivity index is 1.42. The van der Waals surface area contributed by atoms with Crippen LogP contribution in [0.1, 0.15) is 38.5 Å². The summed E-state index contributed by atoms with van der Waals surface area (Å²) in [6.07, 6.45) is 9.36. The molecule has 1 saturated carbocycles. The second kappa shape index (κ2) is 12.3. The molecule has 3 aromatic rings. The summed E-state index contributed by atoms with van der Waals surface area (Å²) < 4.78 is 11.2. The van der Waals surface area contributed by atoms with Gasteiger partial charge in [0.15, 0.2) is 6.73 Å². The van der Waals surface area contributed by atoms with Crippen molar-refractivity contribution in [1.29, 1.82) is 0 Å². The summed E-state index contributed by atoms with van der Waals surface area (Å²) in [6, 6.07) is 7.71. The molecule has 0 radical (unpaired) electrons. The molecule has 37 heavy (non-hydrogen) atoms.